The number of aliphatic hydroxyl groups is 2. The number of epoxide rings is 1. The zero-order valence-corrected chi connectivity index (χ0v) is 25.5. The Balaban J connectivity index is 0.00000304. The molecule has 36 heavy (non-hydrogen) atoms. The van der Waals surface area contributed by atoms with E-state index < -0.39 is 34.1 Å². The smallest absolute Gasteiger partial charge is 0.726 e. The van der Waals surface area contributed by atoms with E-state index in [2.05, 4.69) is 40.7 Å². The Kier molecular flexibility index (Phi) is 8.31. The van der Waals surface area contributed by atoms with Gasteiger partial charge in [0.1, 0.15) is 12.2 Å². The largest absolute Gasteiger partial charge is 1.00 e. The maximum Gasteiger partial charge on any atom is 1.00 e. The molecule has 9 heteroatoms. The standard InChI is InChI=1S/C27H44O7S.Na/c1-14(2)12-22-24(33-22)15(3)17-8-9-18-16-6-7-20-25(34-35(30,31)32)23(29)21(28)13-27(20,5)19(16)10-11-26(17,18)4;/h6,14-15,17-25,28-29H,7-13H2,1-5H3,(H,30,31,32);/q;+1/p-1/t15-,17+,18-,19-,20?,21+,22-,23-,24-,25-,26+,27+;/m0./s1. The van der Waals surface area contributed by atoms with Crippen LogP contribution in [0.15, 0.2) is 11.6 Å². The predicted octanol–water partition coefficient (Wildman–Crippen LogP) is 0.806. The van der Waals surface area contributed by atoms with Crippen molar-refractivity contribution >= 4 is 10.4 Å². The first kappa shape index (κ1) is 29.5. The second-order valence-corrected chi connectivity index (χ2v) is 14.3. The van der Waals surface area contributed by atoms with Crippen LogP contribution in [0.3, 0.4) is 0 Å². The second-order valence-electron chi connectivity index (χ2n) is 13.2. The topological polar surface area (TPSA) is 119 Å². The Labute approximate surface area is 239 Å². The van der Waals surface area contributed by atoms with Gasteiger partial charge < -0.3 is 19.5 Å². The molecule has 0 amide bonds. The molecule has 4 fully saturated rings. The van der Waals surface area contributed by atoms with Crippen LogP contribution in [0.25, 0.3) is 0 Å². The molecule has 1 unspecified atom stereocenters. The first-order valence-electron chi connectivity index (χ1n) is 13.6. The van der Waals surface area contributed by atoms with Crippen molar-refractivity contribution in [2.45, 2.75) is 110 Å². The molecule has 5 rings (SSSR count). The first-order chi connectivity index (χ1) is 16.3. The van der Waals surface area contributed by atoms with E-state index in [9.17, 15) is 23.2 Å². The van der Waals surface area contributed by atoms with Gasteiger partial charge in [0.15, 0.2) is 0 Å². The van der Waals surface area contributed by atoms with Gasteiger partial charge in [-0.3, -0.25) is 4.18 Å². The van der Waals surface area contributed by atoms with Crippen LogP contribution in [0.1, 0.15) is 79.6 Å². The Morgan fingerprint density at radius 2 is 1.81 bits per heavy atom. The number of hydrogen-bond acceptors (Lipinski definition) is 7. The summed E-state index contributed by atoms with van der Waals surface area (Å²) in [6.45, 7) is 11.5. The van der Waals surface area contributed by atoms with Crippen molar-refractivity contribution in [1.29, 1.82) is 0 Å². The van der Waals surface area contributed by atoms with Crippen molar-refractivity contribution in [3.63, 3.8) is 0 Å². The second kappa shape index (κ2) is 10.2. The maximum absolute atomic E-state index is 11.5. The summed E-state index contributed by atoms with van der Waals surface area (Å²) in [6, 6.07) is 0. The molecular weight excluding hydrogens is 491 g/mol. The molecule has 0 radical (unpaired) electrons. The molecule has 4 aliphatic carbocycles. The van der Waals surface area contributed by atoms with Gasteiger partial charge in [-0.2, -0.15) is 0 Å². The molecule has 1 aliphatic heterocycles. The first-order valence-corrected chi connectivity index (χ1v) is 14.9. The summed E-state index contributed by atoms with van der Waals surface area (Å²) in [7, 11) is -5.00. The summed E-state index contributed by atoms with van der Waals surface area (Å²) < 4.78 is 45.4. The third kappa shape index (κ3) is 4.94. The van der Waals surface area contributed by atoms with Crippen molar-refractivity contribution in [1.82, 2.24) is 0 Å². The molecule has 3 saturated carbocycles. The van der Waals surface area contributed by atoms with Gasteiger partial charge >= 0.3 is 29.6 Å². The molecule has 1 heterocycles. The van der Waals surface area contributed by atoms with Crippen LogP contribution >= 0.6 is 0 Å². The van der Waals surface area contributed by atoms with Crippen LogP contribution < -0.4 is 29.6 Å². The van der Waals surface area contributed by atoms with E-state index in [1.54, 1.807) is 0 Å². The summed E-state index contributed by atoms with van der Waals surface area (Å²) in [5.41, 5.74) is 1.24. The molecule has 0 aromatic carbocycles. The molecule has 0 bridgehead atoms. The fraction of sp³-hybridized carbons (Fsp3) is 0.926. The predicted molar refractivity (Wildman–Crippen MR) is 130 cm³/mol. The molecular formula is C27H43NaO7S. The third-order valence-corrected chi connectivity index (χ3v) is 11.4. The molecule has 2 N–H and O–H groups in total. The van der Waals surface area contributed by atoms with Crippen molar-refractivity contribution in [2.75, 3.05) is 0 Å². The minimum absolute atomic E-state index is 0. The molecule has 5 aliphatic rings. The van der Waals surface area contributed by atoms with Gasteiger partial charge in [-0.05, 0) is 91.3 Å². The summed E-state index contributed by atoms with van der Waals surface area (Å²) >= 11 is 0. The van der Waals surface area contributed by atoms with Crippen LogP contribution in [-0.2, 0) is 19.3 Å². The normalized spacial score (nSPS) is 48.8. The van der Waals surface area contributed by atoms with E-state index >= 15 is 0 Å². The average molecular weight is 535 g/mol. The Bertz CT molecular complexity index is 969. The number of ether oxygens (including phenoxy) is 1. The van der Waals surface area contributed by atoms with Crippen LogP contribution in [-0.4, -0.2) is 53.7 Å². The summed E-state index contributed by atoms with van der Waals surface area (Å²) in [6.07, 6.45) is 5.81. The van der Waals surface area contributed by atoms with Crippen molar-refractivity contribution < 1.29 is 61.7 Å². The molecule has 200 valence electrons. The Morgan fingerprint density at radius 3 is 2.44 bits per heavy atom. The van der Waals surface area contributed by atoms with Gasteiger partial charge in [0.25, 0.3) is 0 Å². The van der Waals surface area contributed by atoms with E-state index in [-0.39, 0.29) is 46.8 Å². The van der Waals surface area contributed by atoms with Gasteiger partial charge in [-0.25, -0.2) is 8.42 Å². The number of rotatable bonds is 6. The van der Waals surface area contributed by atoms with Crippen LogP contribution in [0.4, 0.5) is 0 Å². The van der Waals surface area contributed by atoms with E-state index in [1.807, 2.05) is 0 Å². The van der Waals surface area contributed by atoms with Crippen molar-refractivity contribution in [3.8, 4) is 0 Å². The fourth-order valence-electron chi connectivity index (χ4n) is 9.28. The van der Waals surface area contributed by atoms with Gasteiger partial charge in [0.05, 0.1) is 18.3 Å². The van der Waals surface area contributed by atoms with Crippen LogP contribution in [0.2, 0.25) is 0 Å². The van der Waals surface area contributed by atoms with E-state index in [0.717, 1.165) is 25.7 Å². The van der Waals surface area contributed by atoms with Crippen molar-refractivity contribution in [3.05, 3.63) is 11.6 Å². The van der Waals surface area contributed by atoms with Gasteiger partial charge in [-0.15, -0.1) is 0 Å². The van der Waals surface area contributed by atoms with E-state index in [4.69, 9.17) is 8.92 Å². The molecule has 12 atom stereocenters. The van der Waals surface area contributed by atoms with E-state index in [1.165, 1.54) is 12.0 Å². The van der Waals surface area contributed by atoms with Gasteiger partial charge in [-0.1, -0.05) is 46.3 Å². The minimum atomic E-state index is -5.00. The third-order valence-electron chi connectivity index (χ3n) is 10.9. The SMILES string of the molecule is CC(C)C[C@@H]1O[C@H]1[C@@H](C)[C@H]1CC[C@H]2C3=CCC4[C@H](OS(=O)(=O)[O-])[C@@H](O)[C@H](O)C[C@]4(C)[C@H]3CC[C@]12C.[Na+]. The quantitative estimate of drug-likeness (QED) is 0.170. The molecule has 7 nitrogen and oxygen atoms in total. The fourth-order valence-corrected chi connectivity index (χ4v) is 9.80. The number of aliphatic hydroxyl groups excluding tert-OH is 2. The van der Waals surface area contributed by atoms with E-state index in [0.29, 0.717) is 48.7 Å². The Morgan fingerprint density at radius 1 is 1.14 bits per heavy atom. The summed E-state index contributed by atoms with van der Waals surface area (Å²) in [4.78, 5) is 0. The monoisotopic (exact) mass is 534 g/mol. The van der Waals surface area contributed by atoms with Gasteiger partial charge in [0.2, 0.25) is 10.4 Å². The molecule has 0 aromatic rings. The summed E-state index contributed by atoms with van der Waals surface area (Å²) in [5, 5.41) is 21.2. The number of hydrogen-bond donors (Lipinski definition) is 2. The molecule has 0 aromatic heterocycles. The number of fused-ring (bicyclic) bond motifs is 5. The van der Waals surface area contributed by atoms with Crippen molar-refractivity contribution in [2.24, 2.45) is 46.3 Å². The Hall–Kier alpha value is 0.490. The zero-order chi connectivity index (χ0) is 25.5. The van der Waals surface area contributed by atoms with Crippen LogP contribution in [0, 0.1) is 46.3 Å². The molecule has 1 saturated heterocycles. The van der Waals surface area contributed by atoms with Crippen LogP contribution in [0.5, 0.6) is 0 Å². The zero-order valence-electron chi connectivity index (χ0n) is 22.7. The van der Waals surface area contributed by atoms with Gasteiger partial charge in [0, 0.05) is 0 Å². The maximum atomic E-state index is 11.5. The summed E-state index contributed by atoms with van der Waals surface area (Å²) in [5.74, 6) is 2.14. The number of allylic oxidation sites excluding steroid dienone is 2. The average Bonchev–Trinajstić information content (AvgIpc) is 3.40. The molecule has 0 spiro atoms. The minimum Gasteiger partial charge on any atom is -0.726 e.